The molecule has 1 saturated carbocycles. The van der Waals surface area contributed by atoms with E-state index in [9.17, 15) is 0 Å². The van der Waals surface area contributed by atoms with E-state index in [0.717, 1.165) is 42.5 Å². The van der Waals surface area contributed by atoms with E-state index < -0.39 is 5.66 Å². The van der Waals surface area contributed by atoms with Gasteiger partial charge in [0.15, 0.2) is 0 Å². The van der Waals surface area contributed by atoms with Crippen LogP contribution in [-0.2, 0) is 0 Å². The third kappa shape index (κ3) is 3.10. The number of guanidine groups is 2. The van der Waals surface area contributed by atoms with Gasteiger partial charge in [0.25, 0.3) is 5.89 Å². The van der Waals surface area contributed by atoms with Crippen molar-refractivity contribution in [3.8, 4) is 22.8 Å². The van der Waals surface area contributed by atoms with Crippen LogP contribution in [0.5, 0.6) is 0 Å². The molecule has 0 bridgehead atoms. The molecule has 1 spiro atoms. The molecule has 4 N–H and O–H groups in total. The van der Waals surface area contributed by atoms with Crippen LogP contribution >= 0.6 is 0 Å². The summed E-state index contributed by atoms with van der Waals surface area (Å²) in [6.07, 6.45) is 5.01. The largest absolute Gasteiger partial charge is 0.369 e. The van der Waals surface area contributed by atoms with Crippen molar-refractivity contribution < 1.29 is 4.52 Å². The Hall–Kier alpha value is -3.68. The van der Waals surface area contributed by atoms with Crippen molar-refractivity contribution in [2.45, 2.75) is 37.8 Å². The lowest BCUT2D eigenvalue weighted by atomic mass is 9.87. The average molecular weight is 401 g/mol. The number of benzene rings is 2. The van der Waals surface area contributed by atoms with Crippen LogP contribution in [0.25, 0.3) is 22.8 Å². The van der Waals surface area contributed by atoms with E-state index in [-0.39, 0.29) is 5.96 Å². The normalized spacial score (nSPS) is 18.2. The summed E-state index contributed by atoms with van der Waals surface area (Å²) < 4.78 is 5.64. The van der Waals surface area contributed by atoms with Crippen LogP contribution < -0.4 is 16.4 Å². The van der Waals surface area contributed by atoms with Crippen LogP contribution in [-0.4, -0.2) is 27.7 Å². The fourth-order valence-corrected chi connectivity index (χ4v) is 4.36. The van der Waals surface area contributed by atoms with Crippen LogP contribution in [0.4, 0.5) is 5.69 Å². The molecule has 0 amide bonds. The zero-order valence-electron chi connectivity index (χ0n) is 16.5. The number of aromatic nitrogens is 2. The summed E-state index contributed by atoms with van der Waals surface area (Å²) in [5.74, 6) is 1.52. The number of aliphatic imine (C=N–C) groups is 2. The van der Waals surface area contributed by atoms with Gasteiger partial charge in [0.1, 0.15) is 5.66 Å². The molecule has 3 aromatic rings. The second-order valence-electron chi connectivity index (χ2n) is 7.62. The summed E-state index contributed by atoms with van der Waals surface area (Å²) in [5.41, 5.74) is 14.4. The maximum absolute atomic E-state index is 6.40. The topological polar surface area (TPSA) is 119 Å². The monoisotopic (exact) mass is 401 g/mol. The minimum atomic E-state index is -0.535. The number of hydrogen-bond donors (Lipinski definition) is 2. The summed E-state index contributed by atoms with van der Waals surface area (Å²) >= 11 is 0. The highest BCUT2D eigenvalue weighted by Crippen LogP contribution is 2.42. The lowest BCUT2D eigenvalue weighted by Crippen LogP contribution is -2.58. The smallest absolute Gasteiger partial charge is 0.260 e. The summed E-state index contributed by atoms with van der Waals surface area (Å²) in [7, 11) is 0. The van der Waals surface area contributed by atoms with E-state index in [1.807, 2.05) is 59.5 Å². The lowest BCUT2D eigenvalue weighted by molar-refractivity contribution is 0.305. The van der Waals surface area contributed by atoms with E-state index in [1.54, 1.807) is 0 Å². The molecule has 1 fully saturated rings. The van der Waals surface area contributed by atoms with Crippen molar-refractivity contribution in [1.29, 1.82) is 0 Å². The Kier molecular flexibility index (Phi) is 4.46. The van der Waals surface area contributed by atoms with Gasteiger partial charge in [-0.25, -0.2) is 4.99 Å². The predicted molar refractivity (Wildman–Crippen MR) is 117 cm³/mol. The van der Waals surface area contributed by atoms with Crippen molar-refractivity contribution in [3.63, 3.8) is 0 Å². The second-order valence-corrected chi connectivity index (χ2v) is 7.62. The molecule has 0 atom stereocenters. The Bertz CT molecular complexity index is 1110. The first kappa shape index (κ1) is 18.4. The first-order valence-corrected chi connectivity index (χ1v) is 10.1. The van der Waals surface area contributed by atoms with Crippen molar-refractivity contribution in [2.75, 3.05) is 4.90 Å². The molecule has 30 heavy (non-hydrogen) atoms. The zero-order chi connectivity index (χ0) is 20.6. The highest BCUT2D eigenvalue weighted by molar-refractivity contribution is 6.07. The maximum atomic E-state index is 6.40. The van der Waals surface area contributed by atoms with Crippen molar-refractivity contribution in [2.24, 2.45) is 21.5 Å². The third-order valence-corrected chi connectivity index (χ3v) is 5.68. The van der Waals surface area contributed by atoms with Gasteiger partial charge in [0.05, 0.1) is 11.3 Å². The van der Waals surface area contributed by atoms with Gasteiger partial charge in [-0.3, -0.25) is 4.90 Å². The average Bonchev–Trinajstić information content (AvgIpc) is 3.25. The van der Waals surface area contributed by atoms with E-state index in [4.69, 9.17) is 21.0 Å². The van der Waals surface area contributed by atoms with Gasteiger partial charge in [-0.1, -0.05) is 54.0 Å². The van der Waals surface area contributed by atoms with E-state index >= 15 is 0 Å². The van der Waals surface area contributed by atoms with Gasteiger partial charge >= 0.3 is 0 Å². The Morgan fingerprint density at radius 3 is 2.43 bits per heavy atom. The SMILES string of the molecule is NC1=NC2(CCCCC2)N(c2ccccc2-c2nc(-c3ccccc3)no2)C(N)=N1. The van der Waals surface area contributed by atoms with Gasteiger partial charge in [0.2, 0.25) is 17.7 Å². The Morgan fingerprint density at radius 2 is 1.63 bits per heavy atom. The van der Waals surface area contributed by atoms with Crippen LogP contribution in [0.3, 0.4) is 0 Å². The summed E-state index contributed by atoms with van der Waals surface area (Å²) in [6, 6.07) is 17.6. The predicted octanol–water partition coefficient (Wildman–Crippen LogP) is 3.51. The summed E-state index contributed by atoms with van der Waals surface area (Å²) in [5, 5.41) is 4.17. The first-order valence-electron chi connectivity index (χ1n) is 10.1. The first-order chi connectivity index (χ1) is 14.7. The molecule has 2 aliphatic rings. The van der Waals surface area contributed by atoms with Crippen molar-refractivity contribution in [1.82, 2.24) is 10.1 Å². The van der Waals surface area contributed by atoms with Crippen LogP contribution in [0.1, 0.15) is 32.1 Å². The standard InChI is InChI=1S/C22H23N7O/c23-20-26-21(24)29(22(27-20)13-7-2-8-14-22)17-12-6-5-11-16(17)19-25-18(28-30-19)15-9-3-1-4-10-15/h1,3-6,9-12H,2,7-8,13-14H2,(H4,23,24,26,27). The van der Waals surface area contributed by atoms with E-state index in [0.29, 0.717) is 17.7 Å². The fourth-order valence-electron chi connectivity index (χ4n) is 4.36. The van der Waals surface area contributed by atoms with Gasteiger partial charge < -0.3 is 16.0 Å². The number of anilines is 1. The summed E-state index contributed by atoms with van der Waals surface area (Å²) in [4.78, 5) is 15.6. The molecule has 0 saturated heterocycles. The van der Waals surface area contributed by atoms with Crippen LogP contribution in [0, 0.1) is 0 Å². The molecular formula is C22H23N7O. The molecular weight excluding hydrogens is 378 g/mol. The summed E-state index contributed by atoms with van der Waals surface area (Å²) in [6.45, 7) is 0. The minimum absolute atomic E-state index is 0.229. The Balaban J connectivity index is 1.60. The molecule has 5 rings (SSSR count). The van der Waals surface area contributed by atoms with E-state index in [1.165, 1.54) is 6.42 Å². The van der Waals surface area contributed by atoms with Crippen LogP contribution in [0.15, 0.2) is 69.1 Å². The van der Waals surface area contributed by atoms with Crippen molar-refractivity contribution in [3.05, 3.63) is 54.6 Å². The van der Waals surface area contributed by atoms with Gasteiger partial charge in [-0.2, -0.15) is 9.98 Å². The number of nitrogens with two attached hydrogens (primary N) is 2. The second kappa shape index (κ2) is 7.29. The van der Waals surface area contributed by atoms with Crippen LogP contribution in [0.2, 0.25) is 0 Å². The molecule has 2 heterocycles. The molecule has 0 radical (unpaired) electrons. The number of rotatable bonds is 3. The fraction of sp³-hybridized carbons (Fsp3) is 0.273. The molecule has 8 nitrogen and oxygen atoms in total. The van der Waals surface area contributed by atoms with Crippen molar-refractivity contribution >= 4 is 17.6 Å². The number of para-hydroxylation sites is 1. The Labute approximate surface area is 174 Å². The quantitative estimate of drug-likeness (QED) is 0.693. The molecule has 2 aromatic carbocycles. The highest BCUT2D eigenvalue weighted by Gasteiger charge is 2.43. The zero-order valence-corrected chi connectivity index (χ0v) is 16.5. The molecule has 1 aliphatic heterocycles. The number of nitrogens with zero attached hydrogens (tertiary/aromatic N) is 5. The number of hydrogen-bond acceptors (Lipinski definition) is 8. The third-order valence-electron chi connectivity index (χ3n) is 5.68. The maximum Gasteiger partial charge on any atom is 0.260 e. The van der Waals surface area contributed by atoms with Gasteiger partial charge in [-0.15, -0.1) is 0 Å². The lowest BCUT2D eigenvalue weighted by Gasteiger charge is -2.46. The molecule has 152 valence electrons. The molecule has 1 aliphatic carbocycles. The Morgan fingerprint density at radius 1 is 0.900 bits per heavy atom. The van der Waals surface area contributed by atoms with Gasteiger partial charge in [0, 0.05) is 5.56 Å². The van der Waals surface area contributed by atoms with Gasteiger partial charge in [-0.05, 0) is 37.8 Å². The molecule has 0 unspecified atom stereocenters. The van der Waals surface area contributed by atoms with E-state index in [2.05, 4.69) is 15.1 Å². The molecule has 1 aromatic heterocycles. The highest BCUT2D eigenvalue weighted by atomic mass is 16.5. The minimum Gasteiger partial charge on any atom is -0.369 e. The molecule has 8 heteroatoms.